The number of amides is 1. The van der Waals surface area contributed by atoms with Crippen LogP contribution < -0.4 is 5.32 Å². The van der Waals surface area contributed by atoms with E-state index in [-0.39, 0.29) is 18.9 Å². The monoisotopic (exact) mass is 288 g/mol. The molecular formula is C13H24N2O5. The first-order valence-corrected chi connectivity index (χ1v) is 6.88. The molecule has 1 amide bonds. The molecule has 0 bridgehead atoms. The molecule has 0 spiro atoms. The van der Waals surface area contributed by atoms with Gasteiger partial charge in [0.05, 0.1) is 12.1 Å². The summed E-state index contributed by atoms with van der Waals surface area (Å²) in [6, 6.07) is 0. The molecule has 0 saturated carbocycles. The minimum atomic E-state index is -0.863. The van der Waals surface area contributed by atoms with Crippen LogP contribution in [0, 0.1) is 0 Å². The Hall–Kier alpha value is -1.18. The highest BCUT2D eigenvalue weighted by molar-refractivity contribution is 5.78. The fourth-order valence-electron chi connectivity index (χ4n) is 2.24. The second kappa shape index (κ2) is 8.18. The molecular weight excluding hydrogens is 264 g/mol. The van der Waals surface area contributed by atoms with Crippen molar-refractivity contribution < 1.29 is 24.5 Å². The van der Waals surface area contributed by atoms with E-state index in [2.05, 4.69) is 5.32 Å². The average Bonchev–Trinajstić information content (AvgIpc) is 2.34. The van der Waals surface area contributed by atoms with Crippen molar-refractivity contribution in [1.29, 1.82) is 0 Å². The molecule has 1 saturated heterocycles. The van der Waals surface area contributed by atoms with Crippen molar-refractivity contribution in [2.24, 2.45) is 0 Å². The largest absolute Gasteiger partial charge is 0.481 e. The Balaban J connectivity index is 2.18. The Labute approximate surface area is 118 Å². The van der Waals surface area contributed by atoms with Crippen LogP contribution in [0.15, 0.2) is 0 Å². The van der Waals surface area contributed by atoms with Crippen LogP contribution >= 0.6 is 0 Å². The third-order valence-corrected chi connectivity index (χ3v) is 3.29. The molecule has 116 valence electrons. The topological polar surface area (TPSA) is 99.1 Å². The number of carboxylic acids is 1. The first kappa shape index (κ1) is 16.9. The first-order chi connectivity index (χ1) is 9.41. The molecule has 7 nitrogen and oxygen atoms in total. The predicted octanol–water partition coefficient (Wildman–Crippen LogP) is -0.559. The molecule has 1 aliphatic rings. The maximum atomic E-state index is 11.6. The van der Waals surface area contributed by atoms with E-state index in [0.29, 0.717) is 45.6 Å². The predicted molar refractivity (Wildman–Crippen MR) is 72.4 cm³/mol. The van der Waals surface area contributed by atoms with E-state index >= 15 is 0 Å². The normalized spacial score (nSPS) is 17.9. The summed E-state index contributed by atoms with van der Waals surface area (Å²) in [6.45, 7) is 2.07. The molecule has 1 heterocycles. The number of hydrogen-bond acceptors (Lipinski definition) is 5. The third kappa shape index (κ3) is 6.83. The van der Waals surface area contributed by atoms with Gasteiger partial charge in [0, 0.05) is 45.6 Å². The zero-order chi connectivity index (χ0) is 15.0. The third-order valence-electron chi connectivity index (χ3n) is 3.29. The van der Waals surface area contributed by atoms with Gasteiger partial charge in [-0.05, 0) is 13.5 Å². The van der Waals surface area contributed by atoms with Crippen LogP contribution in [0.5, 0.6) is 0 Å². The minimum absolute atomic E-state index is 0.0515. The van der Waals surface area contributed by atoms with E-state index in [1.54, 1.807) is 11.9 Å². The summed E-state index contributed by atoms with van der Waals surface area (Å²) in [5.74, 6) is -1.02. The van der Waals surface area contributed by atoms with Crippen molar-refractivity contribution in [3.05, 3.63) is 0 Å². The molecule has 1 rings (SSSR count). The number of nitrogens with one attached hydrogen (secondary N) is 1. The fraction of sp³-hybridized carbons (Fsp3) is 0.846. The number of carbonyl (C=O) groups is 2. The number of aliphatic carboxylic acids is 1. The molecule has 7 heteroatoms. The molecule has 0 unspecified atom stereocenters. The molecule has 1 aliphatic heterocycles. The lowest BCUT2D eigenvalue weighted by atomic mass is 9.94. The van der Waals surface area contributed by atoms with Gasteiger partial charge < -0.3 is 20.3 Å². The highest BCUT2D eigenvalue weighted by atomic mass is 16.5. The SMILES string of the molecule is CN(CC(=O)NCCCC(=O)O)CC1(O)CCOCC1. The molecule has 0 aliphatic carbocycles. The lowest BCUT2D eigenvalue weighted by Crippen LogP contribution is -2.48. The van der Waals surface area contributed by atoms with E-state index < -0.39 is 11.6 Å². The van der Waals surface area contributed by atoms with E-state index in [1.807, 2.05) is 0 Å². The molecule has 0 atom stereocenters. The number of likely N-dealkylation sites (N-methyl/N-ethyl adjacent to an activating group) is 1. The van der Waals surface area contributed by atoms with E-state index in [4.69, 9.17) is 9.84 Å². The van der Waals surface area contributed by atoms with Gasteiger partial charge in [-0.1, -0.05) is 0 Å². The summed E-state index contributed by atoms with van der Waals surface area (Å²) >= 11 is 0. The number of nitrogens with zero attached hydrogens (tertiary/aromatic N) is 1. The van der Waals surface area contributed by atoms with Crippen LogP contribution in [0.1, 0.15) is 25.7 Å². The maximum Gasteiger partial charge on any atom is 0.303 e. The average molecular weight is 288 g/mol. The fourth-order valence-corrected chi connectivity index (χ4v) is 2.24. The van der Waals surface area contributed by atoms with Gasteiger partial charge in [0.2, 0.25) is 5.91 Å². The number of rotatable bonds is 8. The van der Waals surface area contributed by atoms with E-state index in [1.165, 1.54) is 0 Å². The lowest BCUT2D eigenvalue weighted by molar-refractivity contribution is -0.137. The highest BCUT2D eigenvalue weighted by Crippen LogP contribution is 2.20. The van der Waals surface area contributed by atoms with Gasteiger partial charge in [0.25, 0.3) is 0 Å². The summed E-state index contributed by atoms with van der Waals surface area (Å²) in [7, 11) is 1.78. The smallest absolute Gasteiger partial charge is 0.303 e. The Morgan fingerprint density at radius 1 is 1.35 bits per heavy atom. The molecule has 3 N–H and O–H groups in total. The number of aliphatic hydroxyl groups is 1. The zero-order valence-electron chi connectivity index (χ0n) is 11.9. The molecule has 0 aromatic rings. The van der Waals surface area contributed by atoms with Gasteiger partial charge in [-0.25, -0.2) is 0 Å². The van der Waals surface area contributed by atoms with Crippen LogP contribution in [0.25, 0.3) is 0 Å². The quantitative estimate of drug-likeness (QED) is 0.518. The van der Waals surface area contributed by atoms with Crippen molar-refractivity contribution in [3.8, 4) is 0 Å². The van der Waals surface area contributed by atoms with Crippen molar-refractivity contribution in [2.45, 2.75) is 31.3 Å². The van der Waals surface area contributed by atoms with E-state index in [9.17, 15) is 14.7 Å². The molecule has 0 radical (unpaired) electrons. The number of ether oxygens (including phenoxy) is 1. The number of carboxylic acid groups (broad SMARTS) is 1. The van der Waals surface area contributed by atoms with Crippen LogP contribution in [0.2, 0.25) is 0 Å². The summed E-state index contributed by atoms with van der Waals surface area (Å²) in [6.07, 6.45) is 1.64. The van der Waals surface area contributed by atoms with Gasteiger partial charge >= 0.3 is 5.97 Å². The Bertz CT molecular complexity index is 329. The van der Waals surface area contributed by atoms with Gasteiger partial charge in [0.15, 0.2) is 0 Å². The molecule has 20 heavy (non-hydrogen) atoms. The van der Waals surface area contributed by atoms with Gasteiger partial charge in [-0.2, -0.15) is 0 Å². The summed E-state index contributed by atoms with van der Waals surface area (Å²) < 4.78 is 5.21. The van der Waals surface area contributed by atoms with Gasteiger partial charge in [-0.3, -0.25) is 14.5 Å². The maximum absolute atomic E-state index is 11.6. The summed E-state index contributed by atoms with van der Waals surface area (Å²) in [5.41, 5.74) is -0.781. The number of carbonyl (C=O) groups excluding carboxylic acids is 1. The molecule has 1 fully saturated rings. The molecule has 0 aromatic carbocycles. The number of hydrogen-bond donors (Lipinski definition) is 3. The standard InChI is InChI=1S/C13H24N2O5/c1-15(10-13(19)4-7-20-8-5-13)9-11(16)14-6-2-3-12(17)18/h19H,2-10H2,1H3,(H,14,16)(H,17,18). The minimum Gasteiger partial charge on any atom is -0.481 e. The van der Waals surface area contributed by atoms with E-state index in [0.717, 1.165) is 0 Å². The van der Waals surface area contributed by atoms with Crippen molar-refractivity contribution >= 4 is 11.9 Å². The van der Waals surface area contributed by atoms with Crippen molar-refractivity contribution in [1.82, 2.24) is 10.2 Å². The Morgan fingerprint density at radius 3 is 2.60 bits per heavy atom. The highest BCUT2D eigenvalue weighted by Gasteiger charge is 2.31. The molecule has 0 aromatic heterocycles. The second-order valence-corrected chi connectivity index (χ2v) is 5.36. The van der Waals surface area contributed by atoms with Gasteiger partial charge in [-0.15, -0.1) is 0 Å². The second-order valence-electron chi connectivity index (χ2n) is 5.36. The van der Waals surface area contributed by atoms with Crippen LogP contribution in [-0.4, -0.2) is 72.5 Å². The summed E-state index contributed by atoms with van der Waals surface area (Å²) in [5, 5.41) is 21.5. The van der Waals surface area contributed by atoms with Crippen LogP contribution in [0.3, 0.4) is 0 Å². The Kier molecular flexibility index (Phi) is 6.90. The Morgan fingerprint density at radius 2 is 2.00 bits per heavy atom. The van der Waals surface area contributed by atoms with Crippen LogP contribution in [-0.2, 0) is 14.3 Å². The van der Waals surface area contributed by atoms with Crippen LogP contribution in [0.4, 0.5) is 0 Å². The van der Waals surface area contributed by atoms with Crippen molar-refractivity contribution in [3.63, 3.8) is 0 Å². The zero-order valence-corrected chi connectivity index (χ0v) is 11.9. The lowest BCUT2D eigenvalue weighted by Gasteiger charge is -2.35. The first-order valence-electron chi connectivity index (χ1n) is 6.88. The summed E-state index contributed by atoms with van der Waals surface area (Å²) in [4.78, 5) is 23.7. The van der Waals surface area contributed by atoms with Crippen molar-refractivity contribution in [2.75, 3.05) is 39.9 Å². The van der Waals surface area contributed by atoms with Gasteiger partial charge in [0.1, 0.15) is 0 Å².